The number of aryl methyl sites for hydroxylation is 4. The highest BCUT2D eigenvalue weighted by Crippen LogP contribution is 2.37. The number of H-pyrrole nitrogens is 2. The highest BCUT2D eigenvalue weighted by molar-refractivity contribution is 7.85. The van der Waals surface area contributed by atoms with Crippen LogP contribution in [0.2, 0.25) is 0 Å². The molecule has 4 aliphatic heterocycles. The minimum Gasteiger partial charge on any atom is -0.444 e. The van der Waals surface area contributed by atoms with Crippen molar-refractivity contribution in [2.75, 3.05) is 81.5 Å². The molecule has 4 aromatic carbocycles. The fourth-order valence-electron chi connectivity index (χ4n) is 13.7. The van der Waals surface area contributed by atoms with Gasteiger partial charge < -0.3 is 55.0 Å². The highest BCUT2D eigenvalue weighted by Gasteiger charge is 2.36. The van der Waals surface area contributed by atoms with Gasteiger partial charge in [-0.2, -0.15) is 8.42 Å². The second kappa shape index (κ2) is 35.0. The van der Waals surface area contributed by atoms with Crippen LogP contribution in [-0.4, -0.2) is 152 Å². The number of ether oxygens (including phenoxy) is 2. The first kappa shape index (κ1) is 78.4. The Bertz CT molecular complexity index is 4080. The zero-order chi connectivity index (χ0) is 73.5. The number of anilines is 2. The number of aromatic amines is 2. The van der Waals surface area contributed by atoms with E-state index in [1.54, 1.807) is 21.9 Å². The fraction of sp³-hybridized carbons (Fsp3) is 0.519. The smallest absolute Gasteiger partial charge is 0.410 e. The van der Waals surface area contributed by atoms with Crippen LogP contribution in [0.25, 0.3) is 22.3 Å². The Morgan fingerprint density at radius 2 is 0.950 bits per heavy atom. The van der Waals surface area contributed by atoms with Crippen molar-refractivity contribution >= 4 is 45.5 Å². The molecule has 101 heavy (non-hydrogen) atoms. The molecule has 0 bridgehead atoms. The average Bonchev–Trinajstić information content (AvgIpc) is 1.73. The van der Waals surface area contributed by atoms with Gasteiger partial charge in [0, 0.05) is 116 Å². The third kappa shape index (κ3) is 22.3. The third-order valence-electron chi connectivity index (χ3n) is 19.0. The van der Waals surface area contributed by atoms with E-state index in [2.05, 4.69) is 77.9 Å². The Morgan fingerprint density at radius 3 is 1.31 bits per heavy atom. The summed E-state index contributed by atoms with van der Waals surface area (Å²) in [6.45, 7) is 36.1. The topological polar surface area (TPSA) is 248 Å². The summed E-state index contributed by atoms with van der Waals surface area (Å²) in [7, 11) is -3.59. The summed E-state index contributed by atoms with van der Waals surface area (Å²) < 4.78 is 39.2. The van der Waals surface area contributed by atoms with Crippen LogP contribution in [0, 0.1) is 41.5 Å². The Kier molecular flexibility index (Phi) is 27.2. The zero-order valence-electron chi connectivity index (χ0n) is 62.4. The predicted octanol–water partition coefficient (Wildman–Crippen LogP) is 12.7. The largest absolute Gasteiger partial charge is 0.444 e. The molecule has 4 aliphatic rings. The van der Waals surface area contributed by atoms with Crippen molar-refractivity contribution in [3.8, 4) is 22.3 Å². The molecule has 21 nitrogen and oxygen atoms in total. The Balaban J connectivity index is 0.000000236. The highest BCUT2D eigenvalue weighted by atomic mass is 32.2. The number of hydrogen-bond acceptors (Lipinski definition) is 15. The van der Waals surface area contributed by atoms with Gasteiger partial charge in [-0.15, -0.1) is 0 Å². The number of hydrogen-bond donors (Lipinski definition) is 5. The van der Waals surface area contributed by atoms with Crippen molar-refractivity contribution in [1.82, 2.24) is 40.6 Å². The first-order valence-corrected chi connectivity index (χ1v) is 37.8. The maximum atomic E-state index is 13.9. The number of pyridine rings is 2. The van der Waals surface area contributed by atoms with Gasteiger partial charge in [-0.1, -0.05) is 61.4 Å². The molecule has 22 heteroatoms. The molecule has 548 valence electrons. The molecule has 2 aromatic heterocycles. The van der Waals surface area contributed by atoms with Gasteiger partial charge >= 0.3 is 12.2 Å². The van der Waals surface area contributed by atoms with Gasteiger partial charge in [-0.3, -0.25) is 28.3 Å². The molecule has 0 radical (unpaired) electrons. The molecule has 4 fully saturated rings. The number of nitrogens with zero attached hydrogens (tertiary/aromatic N) is 5. The molecular weight excluding hydrogens is 1300 g/mol. The molecule has 10 rings (SSSR count). The lowest BCUT2D eigenvalue weighted by Gasteiger charge is -2.33. The molecule has 4 amide bonds. The standard InChI is InChI=1S/C39H53N5O4.C35H46N4O7S.C5H11N/c1-8-44(32-16-19-43(25-32)38(47)48-39(5,6)7)35-22-31(30-14-12-29(13-15-30)24-42-17-10-9-11-18-42)21-33(28(35)4)36(45)40-23-34-26(2)20-27(3)41-37(34)46;1-9-39(28-14-15-38(20-28)34(42)46-35(5,6)7)31-18-27(26-12-10-25(11-13-26)21-45-47(8,43)44)17-29(24(31)4)32(40)36-19-30-22(2)16-23(3)37-33(30)41;1-2-4-6-5-3-1/h12-15,20-22,32H,8-11,16-19,23-25H2,1-7H3,(H,40,45)(H,41,46);10-13,16-18,28H,9,14-15,19-21H2,1-8H3,(H,36,40)(H,37,41);6H,1-5H2. The molecule has 6 heterocycles. The average molecular weight is 1410 g/mol. The number of likely N-dealkylation sites (N-methyl/N-ethyl adjacent to an activating group) is 2. The molecular formula is C79H110N10O11S. The van der Waals surface area contributed by atoms with E-state index in [4.69, 9.17) is 13.7 Å². The van der Waals surface area contributed by atoms with Crippen LogP contribution in [0.5, 0.6) is 0 Å². The minimum absolute atomic E-state index is 0.00154. The lowest BCUT2D eigenvalue weighted by molar-refractivity contribution is 0.0282. The number of rotatable bonds is 19. The van der Waals surface area contributed by atoms with E-state index < -0.39 is 21.3 Å². The predicted molar refractivity (Wildman–Crippen MR) is 403 cm³/mol. The zero-order valence-corrected chi connectivity index (χ0v) is 63.2. The van der Waals surface area contributed by atoms with E-state index in [9.17, 15) is 37.2 Å². The number of amides is 4. The molecule has 0 saturated carbocycles. The monoisotopic (exact) mass is 1410 g/mol. The quantitative estimate of drug-likeness (QED) is 0.0473. The minimum atomic E-state index is -3.59. The lowest BCUT2D eigenvalue weighted by Crippen LogP contribution is -2.41. The van der Waals surface area contributed by atoms with Crippen LogP contribution >= 0.6 is 0 Å². The summed E-state index contributed by atoms with van der Waals surface area (Å²) in [5, 5.41) is 9.27. The first-order valence-electron chi connectivity index (χ1n) is 36.0. The molecule has 2 unspecified atom stereocenters. The number of likely N-dealkylation sites (tertiary alicyclic amines) is 3. The van der Waals surface area contributed by atoms with Gasteiger partial charge in [0.1, 0.15) is 11.2 Å². The Hall–Kier alpha value is -8.31. The normalized spacial score (nSPS) is 16.5. The summed E-state index contributed by atoms with van der Waals surface area (Å²) in [5.74, 6) is -0.546. The SMILES string of the molecule is C1CCNCC1.CCN(c1cc(-c2ccc(CN3CCCCC3)cc2)cc(C(=O)NCc2c(C)cc(C)[nH]c2=O)c1C)C1CCN(C(=O)OC(C)(C)C)C1.CCN(c1cc(-c2ccc(COS(C)(=O)=O)cc2)cc(C(=O)NCc2c(C)cc(C)[nH]c2=O)c1C)C1CCN(C(=O)OC(C)(C)C)C1. The van der Waals surface area contributed by atoms with E-state index in [1.165, 1.54) is 57.2 Å². The maximum absolute atomic E-state index is 13.9. The Morgan fingerprint density at radius 1 is 0.545 bits per heavy atom. The van der Waals surface area contributed by atoms with Gasteiger partial charge in [0.2, 0.25) is 0 Å². The van der Waals surface area contributed by atoms with Gasteiger partial charge in [0.15, 0.2) is 0 Å². The van der Waals surface area contributed by atoms with Crippen LogP contribution in [0.15, 0.2) is 94.5 Å². The van der Waals surface area contributed by atoms with Crippen molar-refractivity contribution in [2.24, 2.45) is 0 Å². The summed E-state index contributed by atoms with van der Waals surface area (Å²) >= 11 is 0. The molecule has 2 atom stereocenters. The van der Waals surface area contributed by atoms with Gasteiger partial charge in [-0.05, 0) is 254 Å². The van der Waals surface area contributed by atoms with Crippen molar-refractivity contribution in [3.63, 3.8) is 0 Å². The van der Waals surface area contributed by atoms with Crippen molar-refractivity contribution in [3.05, 3.63) is 173 Å². The van der Waals surface area contributed by atoms with E-state index in [1.807, 2.05) is 132 Å². The van der Waals surface area contributed by atoms with Crippen molar-refractivity contribution < 1.29 is 41.3 Å². The van der Waals surface area contributed by atoms with E-state index in [-0.39, 0.29) is 66.9 Å². The summed E-state index contributed by atoms with van der Waals surface area (Å²) in [6.07, 6.45) is 9.97. The number of nitrogens with one attached hydrogen (secondary N) is 5. The van der Waals surface area contributed by atoms with Crippen molar-refractivity contribution in [2.45, 2.75) is 198 Å². The second-order valence-corrected chi connectivity index (χ2v) is 31.0. The molecule has 4 saturated heterocycles. The molecule has 6 aromatic rings. The van der Waals surface area contributed by atoms with Gasteiger partial charge in [0.25, 0.3) is 33.1 Å². The maximum Gasteiger partial charge on any atom is 0.410 e. The van der Waals surface area contributed by atoms with Crippen LogP contribution < -0.4 is 36.9 Å². The number of carbonyl (C=O) groups excluding carboxylic acids is 4. The first-order chi connectivity index (χ1) is 47.8. The summed E-state index contributed by atoms with van der Waals surface area (Å²) in [4.78, 5) is 95.1. The number of aromatic nitrogens is 2. The van der Waals surface area contributed by atoms with Gasteiger partial charge in [-0.25, -0.2) is 9.59 Å². The molecule has 5 N–H and O–H groups in total. The molecule has 0 aliphatic carbocycles. The fourth-order valence-corrected chi connectivity index (χ4v) is 14.1. The van der Waals surface area contributed by atoms with Crippen LogP contribution in [0.3, 0.4) is 0 Å². The summed E-state index contributed by atoms with van der Waals surface area (Å²) in [6, 6.07) is 27.9. The Labute approximate surface area is 598 Å². The molecule has 0 spiro atoms. The lowest BCUT2D eigenvalue weighted by atomic mass is 9.95. The number of piperidine rings is 2. The number of carbonyl (C=O) groups is 4. The van der Waals surface area contributed by atoms with Crippen LogP contribution in [0.4, 0.5) is 21.0 Å². The van der Waals surface area contributed by atoms with Crippen molar-refractivity contribution in [1.29, 1.82) is 0 Å². The van der Waals surface area contributed by atoms with E-state index in [0.29, 0.717) is 67.1 Å². The van der Waals surface area contributed by atoms with E-state index in [0.717, 1.165) is 106 Å². The van der Waals surface area contributed by atoms with Crippen LogP contribution in [-0.2, 0) is 50.0 Å². The summed E-state index contributed by atoms with van der Waals surface area (Å²) in [5.41, 5.74) is 12.7. The third-order valence-corrected chi connectivity index (χ3v) is 19.5. The number of benzene rings is 4. The van der Waals surface area contributed by atoms with E-state index >= 15 is 0 Å². The van der Waals surface area contributed by atoms with Crippen LogP contribution in [0.1, 0.15) is 183 Å². The van der Waals surface area contributed by atoms with Gasteiger partial charge in [0.05, 0.1) is 12.9 Å². The second-order valence-electron chi connectivity index (χ2n) is 29.4.